The normalized spacial score (nSPS) is 29.9. The molecule has 0 bridgehead atoms. The summed E-state index contributed by atoms with van der Waals surface area (Å²) in [7, 11) is 0. The van der Waals surface area contributed by atoms with E-state index in [9.17, 15) is 4.79 Å². The summed E-state index contributed by atoms with van der Waals surface area (Å²) in [5.41, 5.74) is 0. The molecule has 2 heterocycles. The zero-order valence-electron chi connectivity index (χ0n) is 13.3. The monoisotopic (exact) mass is 295 g/mol. The fraction of sp³-hybridized carbons (Fsp3) is 0.824. The fourth-order valence-corrected chi connectivity index (χ4v) is 3.20. The first-order valence-electron chi connectivity index (χ1n) is 8.39. The topological polar surface area (TPSA) is 38.8 Å². The van der Waals surface area contributed by atoms with E-state index in [1.165, 1.54) is 6.42 Å². The van der Waals surface area contributed by atoms with Gasteiger partial charge in [0.15, 0.2) is 6.29 Å². The van der Waals surface area contributed by atoms with Crippen molar-refractivity contribution in [3.63, 3.8) is 0 Å². The molecule has 0 radical (unpaired) electrons. The Balaban J connectivity index is 1.85. The third-order valence-corrected chi connectivity index (χ3v) is 4.49. The fourth-order valence-electron chi connectivity index (χ4n) is 3.20. The van der Waals surface area contributed by atoms with E-state index in [2.05, 4.69) is 13.5 Å². The number of carbonyl (C=O) groups is 1. The van der Waals surface area contributed by atoms with Crippen LogP contribution in [0.3, 0.4) is 0 Å². The molecule has 2 aliphatic rings. The Labute approximate surface area is 128 Å². The highest BCUT2D eigenvalue weighted by Gasteiger charge is 2.39. The molecule has 2 rings (SSSR count). The Bertz CT molecular complexity index is 339. The standard InChI is InChI=1S/C17H29NO3/c1-3-5-10-18-12-14(15(8-4-2)17(18)19)13-21-16-9-6-7-11-20-16/h4,14-16H,2-3,5-13H2,1H3. The van der Waals surface area contributed by atoms with Crippen molar-refractivity contribution in [2.75, 3.05) is 26.3 Å². The van der Waals surface area contributed by atoms with E-state index in [0.29, 0.717) is 6.61 Å². The van der Waals surface area contributed by atoms with Crippen molar-refractivity contribution in [2.24, 2.45) is 11.8 Å². The van der Waals surface area contributed by atoms with Crippen LogP contribution in [0.15, 0.2) is 12.7 Å². The first kappa shape index (κ1) is 16.5. The molecule has 0 aliphatic carbocycles. The summed E-state index contributed by atoms with van der Waals surface area (Å²) in [6.45, 7) is 9.07. The van der Waals surface area contributed by atoms with Crippen LogP contribution >= 0.6 is 0 Å². The molecule has 3 unspecified atom stereocenters. The average molecular weight is 295 g/mol. The lowest BCUT2D eigenvalue weighted by Crippen LogP contribution is -2.28. The van der Waals surface area contributed by atoms with E-state index in [1.54, 1.807) is 0 Å². The van der Waals surface area contributed by atoms with Gasteiger partial charge in [-0.05, 0) is 32.1 Å². The van der Waals surface area contributed by atoms with Crippen molar-refractivity contribution >= 4 is 5.91 Å². The lowest BCUT2D eigenvalue weighted by molar-refractivity contribution is -0.170. The van der Waals surface area contributed by atoms with Gasteiger partial charge in [-0.3, -0.25) is 4.79 Å². The van der Waals surface area contributed by atoms with Crippen LogP contribution in [-0.4, -0.2) is 43.4 Å². The molecule has 0 aromatic heterocycles. The zero-order chi connectivity index (χ0) is 15.1. The van der Waals surface area contributed by atoms with Crippen molar-refractivity contribution in [1.29, 1.82) is 0 Å². The highest BCUT2D eigenvalue weighted by atomic mass is 16.7. The van der Waals surface area contributed by atoms with Crippen molar-refractivity contribution in [3.05, 3.63) is 12.7 Å². The van der Waals surface area contributed by atoms with Crippen LogP contribution in [-0.2, 0) is 14.3 Å². The van der Waals surface area contributed by atoms with Gasteiger partial charge in [0.2, 0.25) is 5.91 Å². The molecule has 0 aromatic carbocycles. The van der Waals surface area contributed by atoms with Gasteiger partial charge in [0.05, 0.1) is 6.61 Å². The molecule has 0 aromatic rings. The van der Waals surface area contributed by atoms with Crippen molar-refractivity contribution in [1.82, 2.24) is 4.90 Å². The van der Waals surface area contributed by atoms with Gasteiger partial charge in [0.25, 0.3) is 0 Å². The molecule has 0 N–H and O–H groups in total. The maximum absolute atomic E-state index is 12.5. The molecule has 21 heavy (non-hydrogen) atoms. The second-order valence-corrected chi connectivity index (χ2v) is 6.16. The number of ether oxygens (including phenoxy) is 2. The van der Waals surface area contributed by atoms with Gasteiger partial charge in [-0.2, -0.15) is 0 Å². The van der Waals surface area contributed by atoms with Crippen LogP contribution in [0.1, 0.15) is 45.4 Å². The molecule has 3 atom stereocenters. The molecule has 4 nitrogen and oxygen atoms in total. The van der Waals surface area contributed by atoms with Gasteiger partial charge >= 0.3 is 0 Å². The van der Waals surface area contributed by atoms with Gasteiger partial charge in [0, 0.05) is 31.5 Å². The Hall–Kier alpha value is -0.870. The maximum Gasteiger partial charge on any atom is 0.226 e. The minimum absolute atomic E-state index is 0.0444. The second kappa shape index (κ2) is 8.54. The summed E-state index contributed by atoms with van der Waals surface area (Å²) in [4.78, 5) is 14.5. The summed E-state index contributed by atoms with van der Waals surface area (Å²) in [6.07, 6.45) is 8.02. The number of likely N-dealkylation sites (tertiary alicyclic amines) is 1. The van der Waals surface area contributed by atoms with Gasteiger partial charge in [-0.1, -0.05) is 19.4 Å². The van der Waals surface area contributed by atoms with E-state index in [1.807, 2.05) is 11.0 Å². The van der Waals surface area contributed by atoms with Crippen LogP contribution in [0, 0.1) is 11.8 Å². The van der Waals surface area contributed by atoms with E-state index in [0.717, 1.165) is 51.8 Å². The van der Waals surface area contributed by atoms with Crippen molar-refractivity contribution in [3.8, 4) is 0 Å². The largest absolute Gasteiger partial charge is 0.353 e. The molecule has 0 saturated carbocycles. The Kier molecular flexibility index (Phi) is 6.71. The first-order valence-corrected chi connectivity index (χ1v) is 8.39. The van der Waals surface area contributed by atoms with Gasteiger partial charge in [0.1, 0.15) is 0 Å². The zero-order valence-corrected chi connectivity index (χ0v) is 13.3. The lowest BCUT2D eigenvalue weighted by Gasteiger charge is -2.25. The number of nitrogens with zero attached hydrogens (tertiary/aromatic N) is 1. The molecule has 0 spiro atoms. The number of carbonyl (C=O) groups excluding carboxylic acids is 1. The van der Waals surface area contributed by atoms with Gasteiger partial charge in [-0.15, -0.1) is 6.58 Å². The van der Waals surface area contributed by atoms with Crippen LogP contribution < -0.4 is 0 Å². The molecule has 2 fully saturated rings. The molecule has 2 aliphatic heterocycles. The van der Waals surface area contributed by atoms with Crippen LogP contribution in [0.2, 0.25) is 0 Å². The van der Waals surface area contributed by atoms with E-state index in [-0.39, 0.29) is 24.0 Å². The maximum atomic E-state index is 12.5. The minimum Gasteiger partial charge on any atom is -0.353 e. The summed E-state index contributed by atoms with van der Waals surface area (Å²) in [5, 5.41) is 0. The summed E-state index contributed by atoms with van der Waals surface area (Å²) in [5.74, 6) is 0.599. The van der Waals surface area contributed by atoms with Crippen molar-refractivity contribution in [2.45, 2.75) is 51.7 Å². The van der Waals surface area contributed by atoms with Crippen molar-refractivity contribution < 1.29 is 14.3 Å². The quantitative estimate of drug-likeness (QED) is 0.646. The number of hydrogen-bond donors (Lipinski definition) is 0. The Morgan fingerprint density at radius 1 is 1.48 bits per heavy atom. The summed E-state index contributed by atoms with van der Waals surface area (Å²) < 4.78 is 11.5. The van der Waals surface area contributed by atoms with Crippen LogP contribution in [0.4, 0.5) is 0 Å². The van der Waals surface area contributed by atoms with Gasteiger partial charge in [-0.25, -0.2) is 0 Å². The van der Waals surface area contributed by atoms with E-state index in [4.69, 9.17) is 9.47 Å². The SMILES string of the molecule is C=CCC1C(=O)N(CCCC)CC1COC1CCCCO1. The number of hydrogen-bond acceptors (Lipinski definition) is 3. The predicted octanol–water partition coefficient (Wildman–Crippen LogP) is 2.98. The Morgan fingerprint density at radius 2 is 2.33 bits per heavy atom. The predicted molar refractivity (Wildman–Crippen MR) is 82.8 cm³/mol. The van der Waals surface area contributed by atoms with Crippen LogP contribution in [0.25, 0.3) is 0 Å². The second-order valence-electron chi connectivity index (χ2n) is 6.16. The van der Waals surface area contributed by atoms with E-state index < -0.39 is 0 Å². The highest BCUT2D eigenvalue weighted by molar-refractivity contribution is 5.81. The minimum atomic E-state index is -0.0667. The van der Waals surface area contributed by atoms with Crippen LogP contribution in [0.5, 0.6) is 0 Å². The third kappa shape index (κ3) is 4.55. The molecule has 2 saturated heterocycles. The van der Waals surface area contributed by atoms with Gasteiger partial charge < -0.3 is 14.4 Å². The number of allylic oxidation sites excluding steroid dienone is 1. The summed E-state index contributed by atoms with van der Waals surface area (Å²) >= 11 is 0. The lowest BCUT2D eigenvalue weighted by atomic mass is 9.93. The third-order valence-electron chi connectivity index (χ3n) is 4.49. The molecule has 4 heteroatoms. The number of unbranched alkanes of at least 4 members (excludes halogenated alkanes) is 1. The number of rotatable bonds is 8. The molecule has 1 amide bonds. The molecular weight excluding hydrogens is 266 g/mol. The molecule has 120 valence electrons. The average Bonchev–Trinajstić information content (AvgIpc) is 2.81. The highest BCUT2D eigenvalue weighted by Crippen LogP contribution is 2.29. The smallest absolute Gasteiger partial charge is 0.226 e. The van der Waals surface area contributed by atoms with E-state index >= 15 is 0 Å². The molecular formula is C17H29NO3. The Morgan fingerprint density at radius 3 is 3.00 bits per heavy atom. The summed E-state index contributed by atoms with van der Waals surface area (Å²) in [6, 6.07) is 0. The first-order chi connectivity index (χ1) is 10.3. The number of amides is 1.